The number of hydrogen-bond donors (Lipinski definition) is 2. The Hall–Kier alpha value is -1.58. The maximum atomic E-state index is 8.76. The van der Waals surface area contributed by atoms with Crippen LogP contribution in [-0.2, 0) is 6.54 Å². The summed E-state index contributed by atoms with van der Waals surface area (Å²) < 4.78 is 5.35. The molecule has 90 valence electrons. The average Bonchev–Trinajstić information content (AvgIpc) is 2.39. The lowest BCUT2D eigenvalue weighted by Crippen LogP contribution is -2.17. The Balaban J connectivity index is 2.37. The summed E-state index contributed by atoms with van der Waals surface area (Å²) >= 11 is 0. The first-order valence-electron chi connectivity index (χ1n) is 5.73. The minimum Gasteiger partial charge on any atom is -0.496 e. The van der Waals surface area contributed by atoms with Crippen molar-refractivity contribution >= 4 is 10.8 Å². The van der Waals surface area contributed by atoms with Crippen LogP contribution in [0.2, 0.25) is 0 Å². The van der Waals surface area contributed by atoms with Crippen molar-refractivity contribution in [2.75, 3.05) is 20.3 Å². The molecule has 0 saturated carbocycles. The van der Waals surface area contributed by atoms with Gasteiger partial charge in [0.15, 0.2) is 0 Å². The van der Waals surface area contributed by atoms with Crippen LogP contribution in [0.4, 0.5) is 0 Å². The van der Waals surface area contributed by atoms with Gasteiger partial charge in [-0.05, 0) is 17.0 Å². The molecule has 0 spiro atoms. The van der Waals surface area contributed by atoms with Crippen molar-refractivity contribution in [3.05, 3.63) is 42.0 Å². The van der Waals surface area contributed by atoms with Crippen molar-refractivity contribution in [1.82, 2.24) is 5.32 Å². The van der Waals surface area contributed by atoms with Crippen LogP contribution in [0.5, 0.6) is 5.75 Å². The third-order valence-electron chi connectivity index (χ3n) is 2.80. The van der Waals surface area contributed by atoms with E-state index in [-0.39, 0.29) is 6.61 Å². The van der Waals surface area contributed by atoms with Gasteiger partial charge < -0.3 is 15.2 Å². The van der Waals surface area contributed by atoms with Crippen molar-refractivity contribution < 1.29 is 9.84 Å². The highest BCUT2D eigenvalue weighted by Gasteiger charge is 2.05. The second kappa shape index (κ2) is 5.66. The normalized spacial score (nSPS) is 10.7. The van der Waals surface area contributed by atoms with Gasteiger partial charge >= 0.3 is 0 Å². The zero-order valence-electron chi connectivity index (χ0n) is 9.94. The molecule has 3 heteroatoms. The molecule has 0 amide bonds. The van der Waals surface area contributed by atoms with Gasteiger partial charge in [0.05, 0.1) is 13.7 Å². The molecule has 3 nitrogen and oxygen atoms in total. The van der Waals surface area contributed by atoms with E-state index in [1.165, 1.54) is 10.9 Å². The van der Waals surface area contributed by atoms with E-state index >= 15 is 0 Å². The van der Waals surface area contributed by atoms with Crippen LogP contribution in [0.25, 0.3) is 10.8 Å². The predicted octanol–water partition coefficient (Wildman–Crippen LogP) is 1.93. The van der Waals surface area contributed by atoms with E-state index in [0.717, 1.165) is 17.7 Å². The summed E-state index contributed by atoms with van der Waals surface area (Å²) in [6, 6.07) is 12.2. The van der Waals surface area contributed by atoms with E-state index in [1.807, 2.05) is 18.2 Å². The highest BCUT2D eigenvalue weighted by molar-refractivity contribution is 5.91. The van der Waals surface area contributed by atoms with Gasteiger partial charge in [-0.25, -0.2) is 0 Å². The average molecular weight is 231 g/mol. The van der Waals surface area contributed by atoms with Crippen LogP contribution < -0.4 is 10.1 Å². The maximum absolute atomic E-state index is 8.76. The molecular formula is C14H17NO2. The number of benzene rings is 2. The standard InChI is InChI=1S/C14H17NO2/c1-17-14-7-6-11(10-15-8-9-16)12-4-2-3-5-13(12)14/h2-7,15-16H,8-10H2,1H3. The molecule has 0 aliphatic rings. The second-order valence-electron chi connectivity index (χ2n) is 3.87. The molecule has 0 aliphatic carbocycles. The van der Waals surface area contributed by atoms with Crippen LogP contribution in [-0.4, -0.2) is 25.4 Å². The van der Waals surface area contributed by atoms with Crippen LogP contribution >= 0.6 is 0 Å². The van der Waals surface area contributed by atoms with Crippen molar-refractivity contribution in [3.8, 4) is 5.75 Å². The SMILES string of the molecule is COc1ccc(CNCCO)c2ccccc12. The number of methoxy groups -OCH3 is 1. The fourth-order valence-electron chi connectivity index (χ4n) is 1.97. The van der Waals surface area contributed by atoms with Gasteiger partial charge in [0.25, 0.3) is 0 Å². The highest BCUT2D eigenvalue weighted by atomic mass is 16.5. The van der Waals surface area contributed by atoms with Gasteiger partial charge in [-0.2, -0.15) is 0 Å². The van der Waals surface area contributed by atoms with Gasteiger partial charge in [-0.1, -0.05) is 30.3 Å². The molecule has 0 heterocycles. The molecule has 0 aliphatic heterocycles. The smallest absolute Gasteiger partial charge is 0.126 e. The van der Waals surface area contributed by atoms with Crippen LogP contribution in [0.1, 0.15) is 5.56 Å². The molecule has 17 heavy (non-hydrogen) atoms. The summed E-state index contributed by atoms with van der Waals surface area (Å²) in [6.07, 6.45) is 0. The molecule has 0 fully saturated rings. The molecular weight excluding hydrogens is 214 g/mol. The number of fused-ring (bicyclic) bond motifs is 1. The molecule has 2 rings (SSSR count). The first-order chi connectivity index (χ1) is 8.36. The Bertz CT molecular complexity index is 497. The largest absolute Gasteiger partial charge is 0.496 e. The lowest BCUT2D eigenvalue weighted by atomic mass is 10.0. The Morgan fingerprint density at radius 2 is 1.88 bits per heavy atom. The first kappa shape index (κ1) is 11.9. The summed E-state index contributed by atoms with van der Waals surface area (Å²) in [5, 5.41) is 14.3. The van der Waals surface area contributed by atoms with Crippen molar-refractivity contribution in [1.29, 1.82) is 0 Å². The topological polar surface area (TPSA) is 41.5 Å². The van der Waals surface area contributed by atoms with E-state index in [4.69, 9.17) is 9.84 Å². The predicted molar refractivity (Wildman–Crippen MR) is 69.3 cm³/mol. The molecule has 2 aromatic rings. The lowest BCUT2D eigenvalue weighted by molar-refractivity contribution is 0.292. The van der Waals surface area contributed by atoms with Crippen molar-refractivity contribution in [2.45, 2.75) is 6.54 Å². The maximum Gasteiger partial charge on any atom is 0.126 e. The Morgan fingerprint density at radius 1 is 1.12 bits per heavy atom. The lowest BCUT2D eigenvalue weighted by Gasteiger charge is -2.10. The summed E-state index contributed by atoms with van der Waals surface area (Å²) in [5.41, 5.74) is 1.22. The quantitative estimate of drug-likeness (QED) is 0.773. The fraction of sp³-hybridized carbons (Fsp3) is 0.286. The second-order valence-corrected chi connectivity index (χ2v) is 3.87. The zero-order chi connectivity index (χ0) is 12.1. The number of ether oxygens (including phenoxy) is 1. The Labute approximate surface area is 101 Å². The molecule has 0 radical (unpaired) electrons. The Kier molecular flexibility index (Phi) is 3.96. The van der Waals surface area contributed by atoms with E-state index in [2.05, 4.69) is 23.5 Å². The molecule has 0 saturated heterocycles. The zero-order valence-corrected chi connectivity index (χ0v) is 9.94. The molecule has 0 aromatic heterocycles. The number of aliphatic hydroxyl groups is 1. The molecule has 0 bridgehead atoms. The Morgan fingerprint density at radius 3 is 2.59 bits per heavy atom. The van der Waals surface area contributed by atoms with Crippen LogP contribution in [0.3, 0.4) is 0 Å². The summed E-state index contributed by atoms with van der Waals surface area (Å²) in [6.45, 7) is 1.53. The first-order valence-corrected chi connectivity index (χ1v) is 5.73. The number of aliphatic hydroxyl groups excluding tert-OH is 1. The number of hydrogen-bond acceptors (Lipinski definition) is 3. The third kappa shape index (κ3) is 2.57. The van der Waals surface area contributed by atoms with Crippen molar-refractivity contribution in [3.63, 3.8) is 0 Å². The minimum absolute atomic E-state index is 0.161. The van der Waals surface area contributed by atoms with Gasteiger partial charge in [0, 0.05) is 18.5 Å². The van der Waals surface area contributed by atoms with Crippen LogP contribution in [0.15, 0.2) is 36.4 Å². The molecule has 2 aromatic carbocycles. The van der Waals surface area contributed by atoms with Crippen LogP contribution in [0, 0.1) is 0 Å². The summed E-state index contributed by atoms with van der Waals surface area (Å²) in [5.74, 6) is 0.895. The third-order valence-corrected chi connectivity index (χ3v) is 2.80. The van der Waals surface area contributed by atoms with E-state index < -0.39 is 0 Å². The fourth-order valence-corrected chi connectivity index (χ4v) is 1.97. The van der Waals surface area contributed by atoms with E-state index in [1.54, 1.807) is 7.11 Å². The van der Waals surface area contributed by atoms with Gasteiger partial charge in [0.2, 0.25) is 0 Å². The summed E-state index contributed by atoms with van der Waals surface area (Å²) in [4.78, 5) is 0. The molecule has 0 unspecified atom stereocenters. The number of nitrogens with one attached hydrogen (secondary N) is 1. The minimum atomic E-state index is 0.161. The summed E-state index contributed by atoms with van der Waals surface area (Å²) in [7, 11) is 1.69. The highest BCUT2D eigenvalue weighted by Crippen LogP contribution is 2.28. The molecule has 0 atom stereocenters. The van der Waals surface area contributed by atoms with E-state index in [9.17, 15) is 0 Å². The monoisotopic (exact) mass is 231 g/mol. The van der Waals surface area contributed by atoms with E-state index in [0.29, 0.717) is 6.54 Å². The van der Waals surface area contributed by atoms with Gasteiger partial charge in [-0.15, -0.1) is 0 Å². The van der Waals surface area contributed by atoms with Gasteiger partial charge in [0.1, 0.15) is 5.75 Å². The molecule has 2 N–H and O–H groups in total. The number of rotatable bonds is 5. The van der Waals surface area contributed by atoms with Gasteiger partial charge in [-0.3, -0.25) is 0 Å². The van der Waals surface area contributed by atoms with Crippen molar-refractivity contribution in [2.24, 2.45) is 0 Å².